The molecular weight excluding hydrogens is 348 g/mol. The van der Waals surface area contributed by atoms with Gasteiger partial charge in [0.2, 0.25) is 6.79 Å². The highest BCUT2D eigenvalue weighted by Crippen LogP contribution is 2.41. The summed E-state index contributed by atoms with van der Waals surface area (Å²) in [5.41, 5.74) is 1.95. The fourth-order valence-electron chi connectivity index (χ4n) is 3.81. The SMILES string of the molecule is Oc1cc2c(cc1CN1CCCCC1c1nc3ccccc3s1)OCO2. The second-order valence-electron chi connectivity index (χ2n) is 6.84. The number of aromatic hydroxyl groups is 1. The van der Waals surface area contributed by atoms with Crippen molar-refractivity contribution >= 4 is 21.6 Å². The molecule has 0 radical (unpaired) electrons. The number of phenols is 1. The Hall–Kier alpha value is -2.31. The minimum atomic E-state index is 0.219. The molecule has 1 atom stereocenters. The van der Waals surface area contributed by atoms with Crippen LogP contribution in [-0.4, -0.2) is 28.3 Å². The maximum Gasteiger partial charge on any atom is 0.231 e. The van der Waals surface area contributed by atoms with Crippen LogP contribution in [0.25, 0.3) is 10.2 Å². The number of nitrogens with zero attached hydrogens (tertiary/aromatic N) is 2. The first-order valence-electron chi connectivity index (χ1n) is 8.99. The van der Waals surface area contributed by atoms with Crippen molar-refractivity contribution in [3.63, 3.8) is 0 Å². The third-order valence-electron chi connectivity index (χ3n) is 5.16. The fraction of sp³-hybridized carbons (Fsp3) is 0.350. The Morgan fingerprint density at radius 1 is 1.15 bits per heavy atom. The third kappa shape index (κ3) is 2.79. The molecule has 1 fully saturated rings. The first-order chi connectivity index (χ1) is 12.8. The Labute approximate surface area is 155 Å². The number of phenolic OH excluding ortho intramolecular Hbond substituents is 1. The number of hydrogen-bond donors (Lipinski definition) is 1. The van der Waals surface area contributed by atoms with E-state index in [1.165, 1.54) is 22.5 Å². The monoisotopic (exact) mass is 368 g/mol. The number of ether oxygens (including phenoxy) is 2. The van der Waals surface area contributed by atoms with Gasteiger partial charge in [0, 0.05) is 18.2 Å². The molecule has 6 heteroatoms. The van der Waals surface area contributed by atoms with Gasteiger partial charge in [-0.25, -0.2) is 4.98 Å². The van der Waals surface area contributed by atoms with Crippen molar-refractivity contribution in [3.8, 4) is 17.2 Å². The van der Waals surface area contributed by atoms with Crippen LogP contribution in [0, 0.1) is 0 Å². The average Bonchev–Trinajstić information content (AvgIpc) is 3.28. The summed E-state index contributed by atoms with van der Waals surface area (Å²) in [5.74, 6) is 1.60. The molecule has 3 heterocycles. The predicted molar refractivity (Wildman–Crippen MR) is 101 cm³/mol. The number of benzene rings is 2. The van der Waals surface area contributed by atoms with E-state index in [1.807, 2.05) is 12.1 Å². The Bertz CT molecular complexity index is 922. The van der Waals surface area contributed by atoms with Crippen molar-refractivity contribution in [1.82, 2.24) is 9.88 Å². The summed E-state index contributed by atoms with van der Waals surface area (Å²) in [6, 6.07) is 12.2. The van der Waals surface area contributed by atoms with E-state index in [-0.39, 0.29) is 12.5 Å². The summed E-state index contributed by atoms with van der Waals surface area (Å²) < 4.78 is 12.1. The van der Waals surface area contributed by atoms with E-state index in [9.17, 15) is 5.11 Å². The number of hydrogen-bond acceptors (Lipinski definition) is 6. The van der Waals surface area contributed by atoms with Crippen LogP contribution >= 0.6 is 11.3 Å². The van der Waals surface area contributed by atoms with Crippen molar-refractivity contribution in [2.75, 3.05) is 13.3 Å². The van der Waals surface area contributed by atoms with Crippen LogP contribution in [0.2, 0.25) is 0 Å². The molecule has 3 aromatic rings. The van der Waals surface area contributed by atoms with Gasteiger partial charge in [-0.3, -0.25) is 4.90 Å². The summed E-state index contributed by atoms with van der Waals surface area (Å²) in [6.07, 6.45) is 3.49. The zero-order valence-corrected chi connectivity index (χ0v) is 15.2. The van der Waals surface area contributed by atoms with Crippen LogP contribution in [0.15, 0.2) is 36.4 Å². The highest BCUT2D eigenvalue weighted by Gasteiger charge is 2.28. The number of piperidine rings is 1. The summed E-state index contributed by atoms with van der Waals surface area (Å²) in [4.78, 5) is 7.31. The maximum absolute atomic E-state index is 10.4. The van der Waals surface area contributed by atoms with Gasteiger partial charge in [-0.2, -0.15) is 0 Å². The van der Waals surface area contributed by atoms with E-state index in [0.717, 1.165) is 24.0 Å². The van der Waals surface area contributed by atoms with E-state index in [2.05, 4.69) is 23.1 Å². The number of para-hydroxylation sites is 1. The predicted octanol–water partition coefficient (Wildman–Crippen LogP) is 4.46. The average molecular weight is 368 g/mol. The molecule has 1 unspecified atom stereocenters. The Morgan fingerprint density at radius 3 is 2.88 bits per heavy atom. The van der Waals surface area contributed by atoms with E-state index in [1.54, 1.807) is 17.4 Å². The number of aromatic nitrogens is 1. The lowest BCUT2D eigenvalue weighted by molar-refractivity contribution is 0.139. The van der Waals surface area contributed by atoms with Crippen molar-refractivity contribution in [3.05, 3.63) is 47.0 Å². The zero-order chi connectivity index (χ0) is 17.5. The summed E-state index contributed by atoms with van der Waals surface area (Å²) in [6.45, 7) is 1.91. The van der Waals surface area contributed by atoms with Crippen molar-refractivity contribution in [2.45, 2.75) is 31.8 Å². The van der Waals surface area contributed by atoms with Crippen LogP contribution in [0.1, 0.15) is 35.9 Å². The topological polar surface area (TPSA) is 54.8 Å². The van der Waals surface area contributed by atoms with Crippen LogP contribution < -0.4 is 9.47 Å². The number of rotatable bonds is 3. The van der Waals surface area contributed by atoms with Crippen LogP contribution in [0.4, 0.5) is 0 Å². The molecule has 1 aromatic heterocycles. The van der Waals surface area contributed by atoms with E-state index in [0.29, 0.717) is 24.1 Å². The van der Waals surface area contributed by atoms with E-state index >= 15 is 0 Å². The largest absolute Gasteiger partial charge is 0.507 e. The van der Waals surface area contributed by atoms with Crippen LogP contribution in [0.5, 0.6) is 17.2 Å². The Balaban J connectivity index is 1.45. The molecule has 2 aromatic carbocycles. The van der Waals surface area contributed by atoms with Gasteiger partial charge >= 0.3 is 0 Å². The van der Waals surface area contributed by atoms with E-state index in [4.69, 9.17) is 14.5 Å². The maximum atomic E-state index is 10.4. The Morgan fingerprint density at radius 2 is 2.00 bits per heavy atom. The number of likely N-dealkylation sites (tertiary alicyclic amines) is 1. The lowest BCUT2D eigenvalue weighted by Gasteiger charge is -2.34. The van der Waals surface area contributed by atoms with Gasteiger partial charge in [0.15, 0.2) is 11.5 Å². The second-order valence-corrected chi connectivity index (χ2v) is 7.90. The van der Waals surface area contributed by atoms with Crippen LogP contribution in [-0.2, 0) is 6.54 Å². The molecular formula is C20H20N2O3S. The van der Waals surface area contributed by atoms with Gasteiger partial charge in [0.25, 0.3) is 0 Å². The smallest absolute Gasteiger partial charge is 0.231 e. The van der Waals surface area contributed by atoms with Gasteiger partial charge in [-0.1, -0.05) is 18.6 Å². The molecule has 2 aliphatic heterocycles. The van der Waals surface area contributed by atoms with Crippen molar-refractivity contribution in [2.24, 2.45) is 0 Å². The lowest BCUT2D eigenvalue weighted by Crippen LogP contribution is -2.32. The molecule has 1 saturated heterocycles. The molecule has 26 heavy (non-hydrogen) atoms. The molecule has 2 aliphatic rings. The molecule has 5 nitrogen and oxygen atoms in total. The molecule has 134 valence electrons. The van der Waals surface area contributed by atoms with Crippen LogP contribution in [0.3, 0.4) is 0 Å². The van der Waals surface area contributed by atoms with Crippen molar-refractivity contribution < 1.29 is 14.6 Å². The molecule has 0 bridgehead atoms. The summed E-state index contributed by atoms with van der Waals surface area (Å²) >= 11 is 1.78. The second kappa shape index (κ2) is 6.45. The summed E-state index contributed by atoms with van der Waals surface area (Å²) in [7, 11) is 0. The highest BCUT2D eigenvalue weighted by atomic mass is 32.1. The Kier molecular flexibility index (Phi) is 3.94. The van der Waals surface area contributed by atoms with Crippen molar-refractivity contribution in [1.29, 1.82) is 0 Å². The number of thiazole rings is 1. The fourth-order valence-corrected chi connectivity index (χ4v) is 4.95. The van der Waals surface area contributed by atoms with Gasteiger partial charge in [-0.05, 0) is 37.6 Å². The summed E-state index contributed by atoms with van der Waals surface area (Å²) in [5, 5.41) is 11.6. The number of fused-ring (bicyclic) bond motifs is 2. The molecule has 5 rings (SSSR count). The standard InChI is InChI=1S/C20H20N2O3S/c23-16-10-18-17(24-12-25-18)9-13(16)11-22-8-4-3-6-15(22)20-21-14-5-1-2-7-19(14)26-20/h1-2,5,7,9-10,15,23H,3-4,6,8,11-12H2. The van der Waals surface area contributed by atoms with Gasteiger partial charge < -0.3 is 14.6 Å². The normalized spacial score (nSPS) is 19.9. The molecule has 0 amide bonds. The van der Waals surface area contributed by atoms with Gasteiger partial charge in [0.1, 0.15) is 10.8 Å². The third-order valence-corrected chi connectivity index (χ3v) is 6.29. The minimum Gasteiger partial charge on any atom is -0.507 e. The van der Waals surface area contributed by atoms with Gasteiger partial charge in [0.05, 0.1) is 16.3 Å². The molecule has 1 N–H and O–H groups in total. The molecule has 0 saturated carbocycles. The quantitative estimate of drug-likeness (QED) is 0.740. The zero-order valence-electron chi connectivity index (χ0n) is 14.4. The highest BCUT2D eigenvalue weighted by molar-refractivity contribution is 7.18. The first-order valence-corrected chi connectivity index (χ1v) is 9.80. The molecule has 0 aliphatic carbocycles. The van der Waals surface area contributed by atoms with Gasteiger partial charge in [-0.15, -0.1) is 11.3 Å². The van der Waals surface area contributed by atoms with E-state index < -0.39 is 0 Å². The lowest BCUT2D eigenvalue weighted by atomic mass is 10.0. The first kappa shape index (κ1) is 15.9. The minimum absolute atomic E-state index is 0.219. The molecule has 0 spiro atoms.